The summed E-state index contributed by atoms with van der Waals surface area (Å²) in [5.74, 6) is -0.204. The van der Waals surface area contributed by atoms with Crippen molar-refractivity contribution in [2.45, 2.75) is 0 Å². The third kappa shape index (κ3) is 2.75. The molecule has 1 aliphatic rings. The first-order valence-electron chi connectivity index (χ1n) is 8.49. The Morgan fingerprint density at radius 2 is 1.68 bits per heavy atom. The van der Waals surface area contributed by atoms with Crippen LogP contribution >= 0.6 is 34.9 Å². The Balaban J connectivity index is 1.58. The van der Waals surface area contributed by atoms with E-state index in [2.05, 4.69) is 5.32 Å². The highest BCUT2D eigenvalue weighted by molar-refractivity contribution is 7.80. The van der Waals surface area contributed by atoms with Crippen LogP contribution in [0.3, 0.4) is 0 Å². The van der Waals surface area contributed by atoms with Crippen LogP contribution in [-0.4, -0.2) is 11.0 Å². The molecule has 1 aliphatic heterocycles. The second-order valence-electron chi connectivity index (χ2n) is 6.24. The van der Waals surface area contributed by atoms with E-state index in [9.17, 15) is 9.59 Å². The van der Waals surface area contributed by atoms with E-state index in [0.29, 0.717) is 16.2 Å². The molecular weight excluding hydrogens is 408 g/mol. The molecule has 1 fully saturated rings. The Bertz CT molecular complexity index is 1350. The van der Waals surface area contributed by atoms with Crippen molar-refractivity contribution in [1.82, 2.24) is 5.32 Å². The molecule has 0 unspecified atom stereocenters. The van der Waals surface area contributed by atoms with Crippen LogP contribution in [0.5, 0.6) is 0 Å². The molecule has 2 aromatic carbocycles. The Hall–Kier alpha value is -2.87. The first kappa shape index (κ1) is 17.2. The van der Waals surface area contributed by atoms with Gasteiger partial charge in [-0.1, -0.05) is 30.3 Å². The molecular formula is C21H12N2O2S3. The predicted molar refractivity (Wildman–Crippen MR) is 121 cm³/mol. The fourth-order valence-electron chi connectivity index (χ4n) is 3.17. The number of rotatable bonds is 2. The molecule has 1 amide bonds. The number of para-hydroxylation sites is 1. The highest BCUT2D eigenvalue weighted by atomic mass is 32.2. The van der Waals surface area contributed by atoms with E-state index < -0.39 is 0 Å². The highest BCUT2D eigenvalue weighted by Gasteiger charge is 2.31. The van der Waals surface area contributed by atoms with Crippen LogP contribution in [-0.2, 0) is 4.79 Å². The number of carbonyl (C=O) groups is 1. The summed E-state index contributed by atoms with van der Waals surface area (Å²) < 4.78 is 1.91. The van der Waals surface area contributed by atoms with E-state index >= 15 is 0 Å². The topological polar surface area (TPSA) is 49.4 Å². The van der Waals surface area contributed by atoms with Crippen LogP contribution in [0.1, 0.15) is 4.88 Å². The number of carbonyl (C=O) groups excluding carboxylic acids is 1. The minimum absolute atomic E-state index is 0.0254. The minimum Gasteiger partial charge on any atom is -0.327 e. The molecule has 1 N–H and O–H groups in total. The van der Waals surface area contributed by atoms with Crippen LogP contribution in [0, 0.1) is 0 Å². The monoisotopic (exact) mass is 420 g/mol. The highest BCUT2D eigenvalue weighted by Crippen LogP contribution is 2.33. The standard InChI is InChI=1S/C21H12N2O2S3/c24-18-14-8-4-5-9-17(14)28-20-15(18)10-13(27-20)11-16-19(25)23(21(26)22-16)12-6-2-1-3-7-12/h1-11H,(H,22,26)/b16-11+. The maximum atomic E-state index is 12.8. The molecule has 0 spiro atoms. The lowest BCUT2D eigenvalue weighted by Gasteiger charge is -2.13. The van der Waals surface area contributed by atoms with Gasteiger partial charge in [0.1, 0.15) is 5.70 Å². The number of nitrogens with zero attached hydrogens (tertiary/aromatic N) is 1. The van der Waals surface area contributed by atoms with E-state index in [1.807, 2.05) is 60.7 Å². The van der Waals surface area contributed by atoms with Crippen molar-refractivity contribution in [2.24, 2.45) is 0 Å². The molecule has 28 heavy (non-hydrogen) atoms. The summed E-state index contributed by atoms with van der Waals surface area (Å²) in [5.41, 5.74) is 1.15. The second-order valence-corrected chi connectivity index (χ2v) is 9.02. The van der Waals surface area contributed by atoms with Gasteiger partial charge in [0.15, 0.2) is 10.5 Å². The maximum absolute atomic E-state index is 12.8. The molecule has 4 nitrogen and oxygen atoms in total. The first-order chi connectivity index (χ1) is 13.6. The lowest BCUT2D eigenvalue weighted by molar-refractivity contribution is -0.113. The molecule has 2 aromatic heterocycles. The van der Waals surface area contributed by atoms with Crippen molar-refractivity contribution in [2.75, 3.05) is 4.90 Å². The molecule has 5 rings (SSSR count). The third-order valence-electron chi connectivity index (χ3n) is 4.48. The number of hydrogen-bond acceptors (Lipinski definition) is 5. The smallest absolute Gasteiger partial charge is 0.281 e. The van der Waals surface area contributed by atoms with Gasteiger partial charge in [-0.25, -0.2) is 0 Å². The van der Waals surface area contributed by atoms with Gasteiger partial charge >= 0.3 is 0 Å². The summed E-state index contributed by atoms with van der Waals surface area (Å²) in [5, 5.41) is 4.76. The normalized spacial score (nSPS) is 15.7. The molecule has 0 atom stereocenters. The Morgan fingerprint density at radius 3 is 2.50 bits per heavy atom. The van der Waals surface area contributed by atoms with Gasteiger partial charge in [0, 0.05) is 15.0 Å². The average Bonchev–Trinajstić information content (AvgIpc) is 3.23. The van der Waals surface area contributed by atoms with Crippen LogP contribution in [0.4, 0.5) is 5.69 Å². The van der Waals surface area contributed by atoms with E-state index in [1.165, 1.54) is 16.2 Å². The SMILES string of the molecule is O=C1/C(=C\c2cc3c(=O)c4ccccc4sc3s2)NC(=S)N1c1ccccc1. The van der Waals surface area contributed by atoms with Crippen LogP contribution < -0.4 is 15.6 Å². The number of nitrogens with one attached hydrogen (secondary N) is 1. The van der Waals surface area contributed by atoms with Crippen molar-refractivity contribution in [1.29, 1.82) is 0 Å². The van der Waals surface area contributed by atoms with Gasteiger partial charge < -0.3 is 5.32 Å². The summed E-state index contributed by atoms with van der Waals surface area (Å²) in [4.78, 5) is 27.9. The summed E-state index contributed by atoms with van der Waals surface area (Å²) >= 11 is 8.44. The largest absolute Gasteiger partial charge is 0.327 e. The Kier molecular flexibility index (Phi) is 4.08. The lowest BCUT2D eigenvalue weighted by atomic mass is 10.2. The fourth-order valence-corrected chi connectivity index (χ4v) is 5.91. The molecule has 0 bridgehead atoms. The summed E-state index contributed by atoms with van der Waals surface area (Å²) in [6.45, 7) is 0. The number of anilines is 1. The van der Waals surface area contributed by atoms with Gasteiger partial charge in [0.2, 0.25) is 0 Å². The lowest BCUT2D eigenvalue weighted by Crippen LogP contribution is -2.30. The van der Waals surface area contributed by atoms with E-state index in [-0.39, 0.29) is 11.3 Å². The van der Waals surface area contributed by atoms with Gasteiger partial charge in [-0.3, -0.25) is 14.5 Å². The number of amides is 1. The number of thiocarbonyl (C=S) groups is 1. The zero-order valence-corrected chi connectivity index (χ0v) is 16.8. The maximum Gasteiger partial charge on any atom is 0.281 e. The van der Waals surface area contributed by atoms with Crippen molar-refractivity contribution in [3.05, 3.63) is 81.5 Å². The van der Waals surface area contributed by atoms with Crippen molar-refractivity contribution in [3.63, 3.8) is 0 Å². The van der Waals surface area contributed by atoms with Crippen LogP contribution in [0.25, 0.3) is 25.6 Å². The van der Waals surface area contributed by atoms with Crippen molar-refractivity contribution < 1.29 is 4.79 Å². The quantitative estimate of drug-likeness (QED) is 0.376. The Labute approximate surface area is 173 Å². The molecule has 0 aliphatic carbocycles. The van der Waals surface area contributed by atoms with Crippen molar-refractivity contribution in [3.8, 4) is 0 Å². The predicted octanol–water partition coefficient (Wildman–Crippen LogP) is 4.74. The molecule has 0 saturated carbocycles. The van der Waals surface area contributed by atoms with Crippen LogP contribution in [0.2, 0.25) is 0 Å². The zero-order chi connectivity index (χ0) is 19.3. The second kappa shape index (κ2) is 6.63. The fraction of sp³-hybridized carbons (Fsp3) is 0. The number of fused-ring (bicyclic) bond motifs is 2. The number of hydrogen-bond donors (Lipinski definition) is 1. The molecule has 3 heterocycles. The molecule has 0 radical (unpaired) electrons. The summed E-state index contributed by atoms with van der Waals surface area (Å²) in [7, 11) is 0. The van der Waals surface area contributed by atoms with Crippen LogP contribution in [0.15, 0.2) is 71.2 Å². The number of thiophene rings is 1. The molecule has 1 saturated heterocycles. The van der Waals surface area contributed by atoms with Gasteiger partial charge in [0.05, 0.1) is 15.1 Å². The van der Waals surface area contributed by atoms with Gasteiger partial charge in [-0.2, -0.15) is 0 Å². The third-order valence-corrected chi connectivity index (χ3v) is 7.12. The van der Waals surface area contributed by atoms with E-state index in [4.69, 9.17) is 12.2 Å². The number of benzene rings is 2. The van der Waals surface area contributed by atoms with Gasteiger partial charge in [-0.05, 0) is 48.6 Å². The van der Waals surface area contributed by atoms with E-state index in [1.54, 1.807) is 17.4 Å². The zero-order valence-electron chi connectivity index (χ0n) is 14.3. The molecule has 136 valence electrons. The summed E-state index contributed by atoms with van der Waals surface area (Å²) in [6, 6.07) is 18.7. The van der Waals surface area contributed by atoms with Crippen molar-refractivity contribution >= 4 is 77.2 Å². The minimum atomic E-state index is -0.204. The molecule has 4 aromatic rings. The molecule has 7 heteroatoms. The van der Waals surface area contributed by atoms with E-state index in [0.717, 1.165) is 24.7 Å². The van der Waals surface area contributed by atoms with Gasteiger partial charge in [0.25, 0.3) is 5.91 Å². The van der Waals surface area contributed by atoms with Gasteiger partial charge in [-0.15, -0.1) is 22.7 Å². The summed E-state index contributed by atoms with van der Waals surface area (Å²) in [6.07, 6.45) is 1.76. The first-order valence-corrected chi connectivity index (χ1v) is 10.5. The Morgan fingerprint density at radius 1 is 0.929 bits per heavy atom. The average molecular weight is 421 g/mol.